The van der Waals surface area contributed by atoms with Crippen molar-refractivity contribution >= 4 is 17.7 Å². The van der Waals surface area contributed by atoms with E-state index in [0.29, 0.717) is 25.1 Å². The molecule has 0 radical (unpaired) electrons. The van der Waals surface area contributed by atoms with E-state index in [0.717, 1.165) is 4.57 Å². The number of ether oxygens (including phenoxy) is 1. The number of hydrogen-bond acceptors (Lipinski definition) is 5. The van der Waals surface area contributed by atoms with Crippen LogP contribution >= 0.6 is 0 Å². The van der Waals surface area contributed by atoms with Gasteiger partial charge in [0.05, 0.1) is 17.7 Å². The Balaban J connectivity index is 1.78. The summed E-state index contributed by atoms with van der Waals surface area (Å²) in [5.74, 6) is -1.03. The first-order valence-electron chi connectivity index (χ1n) is 8.02. The second-order valence-electron chi connectivity index (χ2n) is 6.31. The molecule has 0 bridgehead atoms. The maximum Gasteiger partial charge on any atom is 0.255 e. The molecule has 9 heteroatoms. The average Bonchev–Trinajstić information content (AvgIpc) is 2.59. The van der Waals surface area contributed by atoms with Crippen molar-refractivity contribution in [2.45, 2.75) is 25.1 Å². The molecule has 3 heterocycles. The molecule has 0 spiro atoms. The standard InChI is InChI=1S/C16H20N4O5/c1-18-11-7-19(5-4-12(11)25-9-15(18)23)16(24)10-2-3-14(22)20(6-10)8-13(17)21/h2-3,6,11-12H,4-5,7-9H2,1H3,(H2,17,21)/t11-,12+/m0/s1. The molecule has 1 aromatic rings. The molecule has 9 nitrogen and oxygen atoms in total. The van der Waals surface area contributed by atoms with Gasteiger partial charge in [0.1, 0.15) is 13.2 Å². The number of pyridine rings is 1. The second-order valence-corrected chi connectivity index (χ2v) is 6.31. The smallest absolute Gasteiger partial charge is 0.255 e. The van der Waals surface area contributed by atoms with Gasteiger partial charge in [-0.3, -0.25) is 19.2 Å². The van der Waals surface area contributed by atoms with Crippen molar-refractivity contribution in [2.24, 2.45) is 5.73 Å². The number of nitrogens with two attached hydrogens (primary N) is 1. The Morgan fingerprint density at radius 2 is 2.08 bits per heavy atom. The van der Waals surface area contributed by atoms with Gasteiger partial charge in [0.25, 0.3) is 11.5 Å². The van der Waals surface area contributed by atoms with E-state index >= 15 is 0 Å². The van der Waals surface area contributed by atoms with E-state index in [1.807, 2.05) is 0 Å². The maximum atomic E-state index is 12.8. The lowest BCUT2D eigenvalue weighted by molar-refractivity contribution is -0.159. The van der Waals surface area contributed by atoms with E-state index in [9.17, 15) is 19.2 Å². The van der Waals surface area contributed by atoms with Crippen molar-refractivity contribution in [3.8, 4) is 0 Å². The highest BCUT2D eigenvalue weighted by Crippen LogP contribution is 2.23. The van der Waals surface area contributed by atoms with Gasteiger partial charge < -0.3 is 24.8 Å². The van der Waals surface area contributed by atoms with Crippen LogP contribution in [0.4, 0.5) is 0 Å². The van der Waals surface area contributed by atoms with Crippen molar-refractivity contribution in [1.82, 2.24) is 14.4 Å². The Labute approximate surface area is 143 Å². The van der Waals surface area contributed by atoms with Gasteiger partial charge >= 0.3 is 0 Å². The molecule has 2 N–H and O–H groups in total. The topological polar surface area (TPSA) is 115 Å². The molecule has 3 rings (SSSR count). The minimum absolute atomic E-state index is 0.0731. The first-order chi connectivity index (χ1) is 11.9. The summed E-state index contributed by atoms with van der Waals surface area (Å²) >= 11 is 0. The Morgan fingerprint density at radius 1 is 1.32 bits per heavy atom. The molecule has 0 aliphatic carbocycles. The molecule has 2 atom stereocenters. The van der Waals surface area contributed by atoms with Gasteiger partial charge in [-0.25, -0.2) is 0 Å². The highest BCUT2D eigenvalue weighted by molar-refractivity contribution is 5.94. The normalized spacial score (nSPS) is 23.3. The zero-order valence-electron chi connectivity index (χ0n) is 13.9. The summed E-state index contributed by atoms with van der Waals surface area (Å²) in [7, 11) is 1.71. The average molecular weight is 348 g/mol. The SMILES string of the molecule is CN1C(=O)CO[C@@H]2CCN(C(=O)c3ccc(=O)n(CC(N)=O)c3)C[C@@H]21. The minimum atomic E-state index is -0.660. The van der Waals surface area contributed by atoms with Crippen LogP contribution in [0.1, 0.15) is 16.8 Å². The lowest BCUT2D eigenvalue weighted by Gasteiger charge is -2.45. The lowest BCUT2D eigenvalue weighted by atomic mass is 9.98. The summed E-state index contributed by atoms with van der Waals surface area (Å²) in [6.45, 7) is 0.650. The third-order valence-corrected chi connectivity index (χ3v) is 4.68. The van der Waals surface area contributed by atoms with Crippen LogP contribution in [-0.4, -0.2) is 71.0 Å². The summed E-state index contributed by atoms with van der Waals surface area (Å²) in [6.07, 6.45) is 1.90. The lowest BCUT2D eigenvalue weighted by Crippen LogP contribution is -2.61. The third kappa shape index (κ3) is 3.41. The number of amides is 3. The summed E-state index contributed by atoms with van der Waals surface area (Å²) in [5.41, 5.74) is 5.01. The van der Waals surface area contributed by atoms with E-state index in [-0.39, 0.29) is 37.1 Å². The monoisotopic (exact) mass is 348 g/mol. The number of primary amides is 1. The molecule has 2 aliphatic rings. The number of hydrogen-bond donors (Lipinski definition) is 1. The van der Waals surface area contributed by atoms with E-state index in [1.54, 1.807) is 16.8 Å². The fourth-order valence-corrected chi connectivity index (χ4v) is 3.26. The van der Waals surface area contributed by atoms with Crippen LogP contribution in [0.2, 0.25) is 0 Å². The van der Waals surface area contributed by atoms with Gasteiger partial charge in [-0.1, -0.05) is 0 Å². The Hall–Kier alpha value is -2.68. The number of likely N-dealkylation sites (N-methyl/N-ethyl adjacent to an activating group) is 1. The van der Waals surface area contributed by atoms with Crippen molar-refractivity contribution in [1.29, 1.82) is 0 Å². The van der Waals surface area contributed by atoms with Crippen LogP contribution in [0.3, 0.4) is 0 Å². The number of morpholine rings is 1. The summed E-state index contributed by atoms with van der Waals surface area (Å²) < 4.78 is 6.66. The van der Waals surface area contributed by atoms with Crippen molar-refractivity contribution in [3.63, 3.8) is 0 Å². The summed E-state index contributed by atoms with van der Waals surface area (Å²) in [4.78, 5) is 50.6. The van der Waals surface area contributed by atoms with E-state index in [1.165, 1.54) is 18.3 Å². The molecule has 1 aromatic heterocycles. The van der Waals surface area contributed by atoms with Gasteiger partial charge in [0, 0.05) is 32.4 Å². The quantitative estimate of drug-likeness (QED) is 0.707. The predicted octanol–water partition coefficient (Wildman–Crippen LogP) is -1.59. The molecular weight excluding hydrogens is 328 g/mol. The van der Waals surface area contributed by atoms with Gasteiger partial charge in [0.15, 0.2) is 0 Å². The van der Waals surface area contributed by atoms with Crippen molar-refractivity contribution < 1.29 is 19.1 Å². The molecule has 2 aliphatic heterocycles. The number of likely N-dealkylation sites (tertiary alicyclic amines) is 1. The predicted molar refractivity (Wildman–Crippen MR) is 86.7 cm³/mol. The fraction of sp³-hybridized carbons (Fsp3) is 0.500. The van der Waals surface area contributed by atoms with E-state index < -0.39 is 11.5 Å². The summed E-state index contributed by atoms with van der Waals surface area (Å²) in [6, 6.07) is 2.48. The summed E-state index contributed by atoms with van der Waals surface area (Å²) in [5, 5.41) is 0. The Bertz CT molecular complexity index is 774. The van der Waals surface area contributed by atoms with Gasteiger partial charge in [0.2, 0.25) is 11.8 Å². The fourth-order valence-electron chi connectivity index (χ4n) is 3.26. The number of piperidine rings is 1. The van der Waals surface area contributed by atoms with Crippen molar-refractivity contribution in [2.75, 3.05) is 26.7 Å². The highest BCUT2D eigenvalue weighted by Gasteiger charge is 2.40. The molecular formula is C16H20N4O5. The molecule has 2 saturated heterocycles. The van der Waals surface area contributed by atoms with Crippen LogP contribution in [-0.2, 0) is 20.9 Å². The Kier molecular flexibility index (Phi) is 4.58. The maximum absolute atomic E-state index is 12.8. The first kappa shape index (κ1) is 17.2. The molecule has 0 unspecified atom stereocenters. The molecule has 3 amide bonds. The molecule has 25 heavy (non-hydrogen) atoms. The molecule has 2 fully saturated rings. The number of carbonyl (C=O) groups excluding carboxylic acids is 3. The molecule has 0 aromatic carbocycles. The van der Waals surface area contributed by atoms with E-state index in [2.05, 4.69) is 0 Å². The number of aromatic nitrogens is 1. The minimum Gasteiger partial charge on any atom is -0.368 e. The van der Waals surface area contributed by atoms with Crippen LogP contribution in [0.5, 0.6) is 0 Å². The number of rotatable bonds is 3. The van der Waals surface area contributed by atoms with E-state index in [4.69, 9.17) is 10.5 Å². The van der Waals surface area contributed by atoms with Crippen LogP contribution in [0, 0.1) is 0 Å². The largest absolute Gasteiger partial charge is 0.368 e. The van der Waals surface area contributed by atoms with Crippen LogP contribution < -0.4 is 11.3 Å². The zero-order chi connectivity index (χ0) is 18.1. The second kappa shape index (κ2) is 6.67. The Morgan fingerprint density at radius 3 is 2.80 bits per heavy atom. The highest BCUT2D eigenvalue weighted by atomic mass is 16.5. The molecule has 0 saturated carbocycles. The van der Waals surface area contributed by atoms with Gasteiger partial charge in [-0.15, -0.1) is 0 Å². The van der Waals surface area contributed by atoms with Crippen LogP contribution in [0.25, 0.3) is 0 Å². The third-order valence-electron chi connectivity index (χ3n) is 4.68. The number of fused-ring (bicyclic) bond motifs is 1. The first-order valence-corrected chi connectivity index (χ1v) is 8.02. The van der Waals surface area contributed by atoms with Crippen molar-refractivity contribution in [3.05, 3.63) is 34.2 Å². The van der Waals surface area contributed by atoms with Gasteiger partial charge in [-0.05, 0) is 12.5 Å². The number of nitrogens with zero attached hydrogens (tertiary/aromatic N) is 3. The number of carbonyl (C=O) groups is 3. The van der Waals surface area contributed by atoms with Gasteiger partial charge in [-0.2, -0.15) is 0 Å². The van der Waals surface area contributed by atoms with Crippen LogP contribution in [0.15, 0.2) is 23.1 Å². The zero-order valence-corrected chi connectivity index (χ0v) is 13.9. The molecule has 134 valence electrons.